The maximum atomic E-state index is 12.6. The molecular formula is C17H21ClN4O6S. The third-order valence-electron chi connectivity index (χ3n) is 4.13. The Hall–Kier alpha value is -2.63. The normalized spacial score (nSPS) is 14.1. The summed E-state index contributed by atoms with van der Waals surface area (Å²) in [6.07, 6.45) is 3.81. The first kappa shape index (κ1) is 22.7. The Morgan fingerprint density at radius 3 is 2.66 bits per heavy atom. The minimum absolute atomic E-state index is 0.0111. The molecule has 29 heavy (non-hydrogen) atoms. The van der Waals surface area contributed by atoms with Crippen LogP contribution in [0.2, 0.25) is 5.02 Å². The van der Waals surface area contributed by atoms with Gasteiger partial charge in [-0.15, -0.1) is 0 Å². The molecule has 4 N–H and O–H groups in total. The molecule has 0 unspecified atom stereocenters. The third kappa shape index (κ3) is 5.46. The first-order valence-electron chi connectivity index (χ1n) is 8.46. The summed E-state index contributed by atoms with van der Waals surface area (Å²) in [6.45, 7) is 0.607. The van der Waals surface area contributed by atoms with Crippen molar-refractivity contribution < 1.29 is 27.3 Å². The number of Topliss-reactive ketones (excluding diaryl/α,β-unsaturated/α-hetero) is 1. The van der Waals surface area contributed by atoms with Crippen LogP contribution < -0.4 is 15.9 Å². The topological polar surface area (TPSA) is 153 Å². The molecule has 12 heteroatoms. The second-order valence-electron chi connectivity index (χ2n) is 6.24. The summed E-state index contributed by atoms with van der Waals surface area (Å²) in [5.74, 6) is 5.08. The first-order valence-corrected chi connectivity index (χ1v) is 10.7. The zero-order valence-electron chi connectivity index (χ0n) is 15.8. The first-order chi connectivity index (χ1) is 13.6. The lowest BCUT2D eigenvalue weighted by Gasteiger charge is -2.17. The van der Waals surface area contributed by atoms with Gasteiger partial charge in [-0.1, -0.05) is 11.6 Å². The van der Waals surface area contributed by atoms with Crippen LogP contribution in [0.4, 0.5) is 0 Å². The van der Waals surface area contributed by atoms with E-state index in [4.69, 9.17) is 26.7 Å². The highest BCUT2D eigenvalue weighted by Gasteiger charge is 2.26. The van der Waals surface area contributed by atoms with Crippen molar-refractivity contribution in [3.8, 4) is 5.75 Å². The second kappa shape index (κ2) is 9.25. The molecule has 0 fully saturated rings. The van der Waals surface area contributed by atoms with Crippen molar-refractivity contribution in [3.05, 3.63) is 28.4 Å². The number of hydrogen-bond donors (Lipinski definition) is 3. The van der Waals surface area contributed by atoms with Crippen molar-refractivity contribution in [1.29, 1.82) is 0 Å². The van der Waals surface area contributed by atoms with Gasteiger partial charge in [0.05, 0.1) is 29.5 Å². The summed E-state index contributed by atoms with van der Waals surface area (Å²) in [5.41, 5.74) is 1.51. The van der Waals surface area contributed by atoms with Crippen molar-refractivity contribution in [2.75, 3.05) is 13.4 Å². The van der Waals surface area contributed by atoms with Gasteiger partial charge in [0.25, 0.3) is 16.0 Å². The van der Waals surface area contributed by atoms with E-state index < -0.39 is 10.1 Å². The number of halogens is 1. The smallest absolute Gasteiger partial charge is 0.273 e. The molecule has 1 aliphatic heterocycles. The number of nitrogens with zero attached hydrogens (tertiary/aromatic N) is 2. The number of rotatable bonds is 3. The second-order valence-corrected chi connectivity index (χ2v) is 8.12. The molecule has 2 heterocycles. The largest absolute Gasteiger partial charge is 0.496 e. The minimum Gasteiger partial charge on any atom is -0.496 e. The molecule has 0 radical (unpaired) electrons. The van der Waals surface area contributed by atoms with Gasteiger partial charge in [-0.2, -0.15) is 13.5 Å². The zero-order chi connectivity index (χ0) is 21.8. The van der Waals surface area contributed by atoms with Crippen molar-refractivity contribution in [3.63, 3.8) is 0 Å². The average Bonchev–Trinajstić information content (AvgIpc) is 2.99. The van der Waals surface area contributed by atoms with Crippen molar-refractivity contribution in [1.82, 2.24) is 9.88 Å². The molecule has 1 aromatic carbocycles. The molecule has 1 amide bonds. The fraction of sp³-hybridized carbons (Fsp3) is 0.353. The van der Waals surface area contributed by atoms with Crippen LogP contribution in [0, 0.1) is 0 Å². The maximum Gasteiger partial charge on any atom is 0.273 e. The standard InChI is InChI=1S/C16H17ClN4O3.CH4O3S/c1-24-13-7-10(17)9-6-11(16(23)19-8-20-18)21-5-3-2-4-12(22)14(13)15(9)21;1-5(2,3)4/h6-8H,2-5,18H2,1H3,(H,19,20,23);1H3,(H,2,3,4). The molecule has 2 aromatic rings. The highest BCUT2D eigenvalue weighted by Crippen LogP contribution is 2.38. The fourth-order valence-electron chi connectivity index (χ4n) is 3.08. The maximum absolute atomic E-state index is 12.6. The van der Waals surface area contributed by atoms with Crippen molar-refractivity contribution >= 4 is 50.7 Å². The van der Waals surface area contributed by atoms with Crippen LogP contribution in [-0.2, 0) is 16.7 Å². The molecule has 158 valence electrons. The highest BCUT2D eigenvalue weighted by atomic mass is 35.5. The monoisotopic (exact) mass is 444 g/mol. The van der Waals surface area contributed by atoms with Crippen LogP contribution in [0.1, 0.15) is 40.1 Å². The van der Waals surface area contributed by atoms with E-state index in [-0.39, 0.29) is 11.7 Å². The van der Waals surface area contributed by atoms with Crippen LogP contribution >= 0.6 is 11.6 Å². The number of ketones is 1. The lowest BCUT2D eigenvalue weighted by Crippen LogP contribution is -2.25. The molecule has 0 aliphatic carbocycles. The number of ether oxygens (including phenoxy) is 1. The van der Waals surface area contributed by atoms with Gasteiger partial charge in [0.1, 0.15) is 17.8 Å². The quantitative estimate of drug-likeness (QED) is 0.214. The summed E-state index contributed by atoms with van der Waals surface area (Å²) in [4.78, 5) is 25.0. The SMILES string of the molecule is COc1cc(Cl)c2cc(C(=O)NC=NN)n3c2c1C(=O)CCCC3.CS(=O)(=O)O. The van der Waals surface area contributed by atoms with Crippen LogP contribution in [0.25, 0.3) is 10.9 Å². The van der Waals surface area contributed by atoms with Gasteiger partial charge in [-0.05, 0) is 18.9 Å². The Morgan fingerprint density at radius 2 is 2.07 bits per heavy atom. The van der Waals surface area contributed by atoms with Crippen LogP contribution in [0.5, 0.6) is 5.75 Å². The molecule has 0 bridgehead atoms. The number of amides is 1. The zero-order valence-corrected chi connectivity index (χ0v) is 17.4. The Kier molecular flexibility index (Phi) is 7.22. The number of hydrogen-bond acceptors (Lipinski definition) is 7. The van der Waals surface area contributed by atoms with Crippen molar-refractivity contribution in [2.45, 2.75) is 25.8 Å². The van der Waals surface area contributed by atoms with E-state index in [1.165, 1.54) is 7.11 Å². The molecular weight excluding hydrogens is 424 g/mol. The molecule has 0 atom stereocenters. The van der Waals surface area contributed by atoms with E-state index in [9.17, 15) is 18.0 Å². The molecule has 0 saturated carbocycles. The highest BCUT2D eigenvalue weighted by molar-refractivity contribution is 7.85. The van der Waals surface area contributed by atoms with Crippen molar-refractivity contribution in [2.24, 2.45) is 10.9 Å². The number of aromatic nitrogens is 1. The van der Waals surface area contributed by atoms with E-state index in [0.29, 0.717) is 52.2 Å². The summed E-state index contributed by atoms with van der Waals surface area (Å²) in [5, 5.41) is 6.83. The summed E-state index contributed by atoms with van der Waals surface area (Å²) < 4.78 is 33.0. The lowest BCUT2D eigenvalue weighted by atomic mass is 10.00. The van der Waals surface area contributed by atoms with Gasteiger partial charge < -0.3 is 20.5 Å². The van der Waals surface area contributed by atoms with Crippen LogP contribution in [0.15, 0.2) is 17.2 Å². The third-order valence-corrected chi connectivity index (χ3v) is 4.45. The lowest BCUT2D eigenvalue weighted by molar-refractivity contribution is 0.0957. The molecule has 0 spiro atoms. The summed E-state index contributed by atoms with van der Waals surface area (Å²) >= 11 is 6.35. The van der Waals surface area contributed by atoms with Gasteiger partial charge in [0, 0.05) is 24.4 Å². The van der Waals surface area contributed by atoms with Gasteiger partial charge in [0.2, 0.25) is 0 Å². The van der Waals surface area contributed by atoms with E-state index >= 15 is 0 Å². The predicted molar refractivity (Wildman–Crippen MR) is 109 cm³/mol. The predicted octanol–water partition coefficient (Wildman–Crippen LogP) is 1.81. The molecule has 10 nitrogen and oxygen atoms in total. The minimum atomic E-state index is -3.67. The molecule has 3 rings (SSSR count). The van der Waals surface area contributed by atoms with E-state index in [1.54, 1.807) is 12.1 Å². The number of carbonyl (C=O) groups is 2. The Balaban J connectivity index is 0.000000537. The van der Waals surface area contributed by atoms with E-state index in [1.807, 2.05) is 4.57 Å². The average molecular weight is 445 g/mol. The number of aryl methyl sites for hydroxylation is 1. The Labute approximate surface area is 172 Å². The number of nitrogens with one attached hydrogen (secondary N) is 1. The van der Waals surface area contributed by atoms with Gasteiger partial charge in [-0.3, -0.25) is 14.1 Å². The number of benzene rings is 1. The molecule has 1 aromatic heterocycles. The van der Waals surface area contributed by atoms with Gasteiger partial charge in [0.15, 0.2) is 5.78 Å². The van der Waals surface area contributed by atoms with Gasteiger partial charge >= 0.3 is 0 Å². The number of hydrazone groups is 1. The number of carbonyl (C=O) groups excluding carboxylic acids is 2. The number of nitrogens with two attached hydrogens (primary N) is 1. The number of methoxy groups -OCH3 is 1. The fourth-order valence-corrected chi connectivity index (χ4v) is 3.33. The van der Waals surface area contributed by atoms with Crippen LogP contribution in [0.3, 0.4) is 0 Å². The Morgan fingerprint density at radius 1 is 1.41 bits per heavy atom. The summed E-state index contributed by atoms with van der Waals surface area (Å²) in [6, 6.07) is 3.30. The summed E-state index contributed by atoms with van der Waals surface area (Å²) in [7, 11) is -2.17. The van der Waals surface area contributed by atoms with Crippen LogP contribution in [-0.4, -0.2) is 48.9 Å². The van der Waals surface area contributed by atoms with Gasteiger partial charge in [-0.25, -0.2) is 0 Å². The van der Waals surface area contributed by atoms with E-state index in [0.717, 1.165) is 19.2 Å². The Bertz CT molecular complexity index is 1070. The molecule has 1 aliphatic rings. The molecule has 0 saturated heterocycles. The van der Waals surface area contributed by atoms with E-state index in [2.05, 4.69) is 10.4 Å².